The smallest absolute Gasteiger partial charge is 0.159 e. The van der Waals surface area contributed by atoms with Gasteiger partial charge in [0.25, 0.3) is 0 Å². The summed E-state index contributed by atoms with van der Waals surface area (Å²) in [5.74, 6) is 3.15. The van der Waals surface area contributed by atoms with Crippen molar-refractivity contribution in [1.82, 2.24) is 54.0 Å². The summed E-state index contributed by atoms with van der Waals surface area (Å²) < 4.78 is 4.43. The molecule has 0 bridgehead atoms. The number of fused-ring (bicyclic) bond motifs is 6. The van der Waals surface area contributed by atoms with Crippen LogP contribution < -0.4 is 0 Å². The molecule has 0 N–H and O–H groups in total. The van der Waals surface area contributed by atoms with Gasteiger partial charge in [-0.2, -0.15) is 5.26 Å². The van der Waals surface area contributed by atoms with Crippen molar-refractivity contribution >= 4 is 43.6 Å². The first-order valence-electron chi connectivity index (χ1n) is 20.5. The summed E-state index contributed by atoms with van der Waals surface area (Å²) in [6, 6.07) is 44.6. The summed E-state index contributed by atoms with van der Waals surface area (Å²) in [6.45, 7) is 0. The van der Waals surface area contributed by atoms with E-state index in [1.165, 1.54) is 0 Å². The van der Waals surface area contributed by atoms with E-state index in [-0.39, 0.29) is 0 Å². The first kappa shape index (κ1) is 36.5. The Morgan fingerprint density at radius 3 is 1.06 bits per heavy atom. The van der Waals surface area contributed by atoms with Crippen LogP contribution in [0.15, 0.2) is 183 Å². The molecule has 12 aromatic rings. The van der Waals surface area contributed by atoms with E-state index in [2.05, 4.69) is 134 Å². The van der Waals surface area contributed by atoms with Crippen molar-refractivity contribution in [3.05, 3.63) is 189 Å². The first-order valence-corrected chi connectivity index (χ1v) is 20.5. The van der Waals surface area contributed by atoms with E-state index in [1.807, 2.05) is 54.7 Å². The lowest BCUT2D eigenvalue weighted by atomic mass is 10.0. The Morgan fingerprint density at radius 1 is 0.359 bits per heavy atom. The second kappa shape index (κ2) is 15.0. The zero-order valence-corrected chi connectivity index (χ0v) is 33.7. The maximum absolute atomic E-state index is 9.85. The fraction of sp³-hybridized carbons (Fsp3) is 0. The van der Waals surface area contributed by atoms with E-state index in [4.69, 9.17) is 4.98 Å². The number of hydrogen-bond acceptors (Lipinski definition) is 10. The minimum absolute atomic E-state index is 0.560. The molecule has 12 rings (SSSR count). The van der Waals surface area contributed by atoms with Crippen molar-refractivity contribution in [2.45, 2.75) is 0 Å². The van der Waals surface area contributed by atoms with E-state index >= 15 is 0 Å². The molecule has 0 amide bonds. The fourth-order valence-corrected chi connectivity index (χ4v) is 8.59. The molecule has 0 aliphatic rings. The Labute approximate surface area is 364 Å². The van der Waals surface area contributed by atoms with Crippen LogP contribution in [0.1, 0.15) is 5.56 Å². The molecule has 0 unspecified atom stereocenters. The van der Waals surface area contributed by atoms with Crippen LogP contribution in [0.3, 0.4) is 0 Å². The predicted octanol–water partition coefficient (Wildman–Crippen LogP) is 10.6. The van der Waals surface area contributed by atoms with E-state index in [0.717, 1.165) is 82.7 Å². The molecule has 7 aromatic heterocycles. The summed E-state index contributed by atoms with van der Waals surface area (Å²) >= 11 is 0. The largest absolute Gasteiger partial charge is 0.307 e. The Balaban J connectivity index is 1.16. The van der Waals surface area contributed by atoms with Gasteiger partial charge in [-0.15, -0.1) is 0 Å². The molecule has 0 atom stereocenters. The Hall–Kier alpha value is -9.34. The minimum Gasteiger partial charge on any atom is -0.307 e. The highest BCUT2D eigenvalue weighted by atomic mass is 15.1. The van der Waals surface area contributed by atoms with Gasteiger partial charge in [-0.1, -0.05) is 60.7 Å². The van der Waals surface area contributed by atoms with E-state index in [1.54, 1.807) is 49.6 Å². The number of nitrogens with zero attached hydrogens (tertiary/aromatic N) is 12. The second-order valence-electron chi connectivity index (χ2n) is 15.1. The molecule has 0 saturated carbocycles. The highest BCUT2D eigenvalue weighted by Crippen LogP contribution is 2.41. The molecule has 0 fully saturated rings. The number of aromatic nitrogens is 11. The van der Waals surface area contributed by atoms with Crippen molar-refractivity contribution in [3.63, 3.8) is 0 Å². The van der Waals surface area contributed by atoms with Crippen molar-refractivity contribution in [2.75, 3.05) is 0 Å². The van der Waals surface area contributed by atoms with Gasteiger partial charge in [0.1, 0.15) is 5.82 Å². The highest BCUT2D eigenvalue weighted by Gasteiger charge is 2.22. The number of nitriles is 1. The number of pyridine rings is 1. The summed E-state index contributed by atoms with van der Waals surface area (Å²) in [7, 11) is 0. The molecule has 5 aromatic carbocycles. The SMILES string of the molecule is N#Cc1ccc(-c2cc(-n3c4cc(-c5ncccn5)ccc4c4ccc(-c5ncccn5)cc43)ncc2-n2c3cc(-c4ncccn4)ccc3c3ccc(-c4ncccn4)cc32)cc1. The molecule has 0 spiro atoms. The van der Waals surface area contributed by atoms with Crippen LogP contribution in [0, 0.1) is 11.3 Å². The fourth-order valence-electron chi connectivity index (χ4n) is 8.59. The minimum atomic E-state index is 0.560. The zero-order chi connectivity index (χ0) is 42.6. The van der Waals surface area contributed by atoms with E-state index in [9.17, 15) is 5.26 Å². The van der Waals surface area contributed by atoms with Crippen LogP contribution in [0.2, 0.25) is 0 Å². The first-order chi connectivity index (χ1) is 31.7. The third-order valence-electron chi connectivity index (χ3n) is 11.5. The predicted molar refractivity (Wildman–Crippen MR) is 247 cm³/mol. The lowest BCUT2D eigenvalue weighted by Gasteiger charge is -2.17. The number of rotatable bonds is 7. The molecule has 0 aliphatic carbocycles. The second-order valence-corrected chi connectivity index (χ2v) is 15.1. The van der Waals surface area contributed by atoms with Gasteiger partial charge in [0.05, 0.1) is 45.6 Å². The summed E-state index contributed by atoms with van der Waals surface area (Å²) in [5, 5.41) is 14.0. The van der Waals surface area contributed by atoms with Crippen molar-refractivity contribution in [3.8, 4) is 74.3 Å². The molecule has 0 radical (unpaired) electrons. The lowest BCUT2D eigenvalue weighted by molar-refractivity contribution is 1.05. The average molecular weight is 823 g/mol. The van der Waals surface area contributed by atoms with Crippen molar-refractivity contribution < 1.29 is 0 Å². The number of hydrogen-bond donors (Lipinski definition) is 0. The van der Waals surface area contributed by atoms with Crippen molar-refractivity contribution in [1.29, 1.82) is 5.26 Å². The number of benzene rings is 5. The molecule has 12 heteroatoms. The third-order valence-corrected chi connectivity index (χ3v) is 11.5. The van der Waals surface area contributed by atoms with E-state index in [0.29, 0.717) is 34.7 Å². The normalized spacial score (nSPS) is 11.4. The zero-order valence-electron chi connectivity index (χ0n) is 33.7. The summed E-state index contributed by atoms with van der Waals surface area (Å²) in [5.41, 5.74) is 10.4. The molecule has 64 heavy (non-hydrogen) atoms. The van der Waals surface area contributed by atoms with Gasteiger partial charge in [0, 0.05) is 98.9 Å². The standard InChI is InChI=1S/C52H30N12/c53-30-32-5-7-33(8-6-32)42-29-48(64-45-27-36(51-58-21-3-22-59-51)11-15-40(45)41-16-12-37(28-46(41)64)52-60-23-4-24-61-52)62-31-47(42)63-43-25-34(49-54-17-1-18-55-49)9-13-38(43)39-14-10-35(26-44(39)63)50-56-19-2-20-57-50/h1-29,31H. The Morgan fingerprint density at radius 2 is 0.703 bits per heavy atom. The maximum atomic E-state index is 9.85. The van der Waals surface area contributed by atoms with Crippen LogP contribution >= 0.6 is 0 Å². The van der Waals surface area contributed by atoms with Gasteiger partial charge in [-0.25, -0.2) is 44.9 Å². The monoisotopic (exact) mass is 822 g/mol. The highest BCUT2D eigenvalue weighted by molar-refractivity contribution is 6.12. The maximum Gasteiger partial charge on any atom is 0.159 e. The molecule has 298 valence electrons. The van der Waals surface area contributed by atoms with Gasteiger partial charge in [-0.05, 0) is 72.3 Å². The molecule has 12 nitrogen and oxygen atoms in total. The van der Waals surface area contributed by atoms with Gasteiger partial charge in [0.2, 0.25) is 0 Å². The lowest BCUT2D eigenvalue weighted by Crippen LogP contribution is -2.04. The van der Waals surface area contributed by atoms with Gasteiger partial charge >= 0.3 is 0 Å². The molecule has 0 aliphatic heterocycles. The quantitative estimate of drug-likeness (QED) is 0.152. The van der Waals surface area contributed by atoms with Gasteiger partial charge < -0.3 is 4.57 Å². The van der Waals surface area contributed by atoms with Crippen LogP contribution in [0.5, 0.6) is 0 Å². The average Bonchev–Trinajstić information content (AvgIpc) is 3.88. The van der Waals surface area contributed by atoms with Crippen LogP contribution in [-0.4, -0.2) is 54.0 Å². The molecule has 0 saturated heterocycles. The Bertz CT molecular complexity index is 3580. The molecular weight excluding hydrogens is 793 g/mol. The topological polar surface area (TPSA) is 150 Å². The molecular formula is C52H30N12. The summed E-state index contributed by atoms with van der Waals surface area (Å²) in [4.78, 5) is 42.1. The van der Waals surface area contributed by atoms with Crippen LogP contribution in [0.25, 0.3) is 112 Å². The summed E-state index contributed by atoms with van der Waals surface area (Å²) in [6.07, 6.45) is 15.9. The van der Waals surface area contributed by atoms with E-state index < -0.39 is 0 Å². The Kier molecular flexibility index (Phi) is 8.55. The van der Waals surface area contributed by atoms with Crippen molar-refractivity contribution in [2.24, 2.45) is 0 Å². The van der Waals surface area contributed by atoms with Gasteiger partial charge in [0.15, 0.2) is 23.3 Å². The third kappa shape index (κ3) is 6.11. The van der Waals surface area contributed by atoms with Crippen LogP contribution in [0.4, 0.5) is 0 Å². The van der Waals surface area contributed by atoms with Gasteiger partial charge in [-0.3, -0.25) is 4.57 Å². The molecule has 7 heterocycles. The van der Waals surface area contributed by atoms with Crippen LogP contribution in [-0.2, 0) is 0 Å².